The molecule has 0 aromatic rings. The van der Waals surface area contributed by atoms with Crippen LogP contribution in [0, 0.1) is 23.7 Å². The van der Waals surface area contributed by atoms with E-state index >= 15 is 0 Å². The molecule has 0 saturated heterocycles. The van der Waals surface area contributed by atoms with Crippen LogP contribution in [-0.4, -0.2) is 116 Å². The number of carboxylic acids is 1. The van der Waals surface area contributed by atoms with Crippen LogP contribution < -0.4 is 35.7 Å². The first-order valence-corrected chi connectivity index (χ1v) is 18.2. The van der Waals surface area contributed by atoms with Crippen molar-refractivity contribution in [3.8, 4) is 0 Å². The second-order valence-corrected chi connectivity index (χ2v) is 14.5. The molecule has 0 aromatic carbocycles. The van der Waals surface area contributed by atoms with E-state index in [1.807, 2.05) is 6.92 Å². The predicted molar refractivity (Wildman–Crippen MR) is 167 cm³/mol. The summed E-state index contributed by atoms with van der Waals surface area (Å²) < 4.78 is 96.8. The number of Topliss-reactive ketones (excluding diaryl/α,β-unsaturated/α-hetero) is 2. The fourth-order valence-corrected chi connectivity index (χ4v) is 5.43. The zero-order valence-corrected chi connectivity index (χ0v) is 32.9. The number of carboxylic acid groups (broad SMARTS) is 1. The molecule has 9 N–H and O–H groups in total. The normalized spacial score (nSPS) is 13.8. The van der Waals surface area contributed by atoms with Crippen molar-refractivity contribution in [1.82, 2.24) is 6.15 Å². The van der Waals surface area contributed by atoms with E-state index in [1.165, 1.54) is 0 Å². The average Bonchev–Trinajstić information content (AvgIpc) is 2.93. The van der Waals surface area contributed by atoms with Crippen LogP contribution in [0.3, 0.4) is 0 Å². The molecule has 0 aliphatic heterocycles. The maximum atomic E-state index is 11.6. The van der Waals surface area contributed by atoms with Crippen LogP contribution in [0.5, 0.6) is 0 Å². The largest absolute Gasteiger partial charge is 1.00 e. The van der Waals surface area contributed by atoms with E-state index in [0.717, 1.165) is 14.2 Å². The van der Waals surface area contributed by atoms with Crippen molar-refractivity contribution in [2.75, 3.05) is 31.5 Å². The molecule has 282 valence electrons. The SMILES string of the molecule is CC[C@@H](C)C(=O)C[C@H](CS(=O)(=O)O)C(=O)O.CC[C@@H](C)C(=O)C[C@H](CS(=O)(=O)O)C(=O)OC.COC(=O)[C@H](Cl)CS(=O)(=O)O.N.[NH-]O.[Na+]. The molecular weight excluding hydrogens is 747 g/mol. The van der Waals surface area contributed by atoms with Crippen molar-refractivity contribution in [3.05, 3.63) is 5.90 Å². The summed E-state index contributed by atoms with van der Waals surface area (Å²) in [5.74, 6) is -4.48. The minimum absolute atomic E-state index is 0. The second-order valence-electron chi connectivity index (χ2n) is 9.45. The summed E-state index contributed by atoms with van der Waals surface area (Å²) in [6.07, 6.45) is 0.571. The molecule has 0 unspecified atom stereocenters. The number of methoxy groups -OCH3 is 2. The number of alkyl halides is 1. The van der Waals surface area contributed by atoms with Gasteiger partial charge in [-0.2, -0.15) is 25.3 Å². The van der Waals surface area contributed by atoms with E-state index in [0.29, 0.717) is 12.8 Å². The first-order chi connectivity index (χ1) is 20.7. The van der Waals surface area contributed by atoms with Crippen LogP contribution in [0.25, 0.3) is 5.90 Å². The first-order valence-electron chi connectivity index (χ1n) is 12.9. The molecule has 0 aromatic heterocycles. The van der Waals surface area contributed by atoms with E-state index in [4.69, 9.17) is 41.5 Å². The maximum Gasteiger partial charge on any atom is 1.00 e. The van der Waals surface area contributed by atoms with E-state index in [9.17, 15) is 49.2 Å². The molecule has 0 bridgehead atoms. The Hall–Kier alpha value is -1.35. The Bertz CT molecular complexity index is 1300. The third-order valence-electron chi connectivity index (χ3n) is 5.74. The van der Waals surface area contributed by atoms with Gasteiger partial charge in [-0.1, -0.05) is 27.7 Å². The van der Waals surface area contributed by atoms with Crippen molar-refractivity contribution in [2.24, 2.45) is 23.7 Å². The number of ketones is 2. The quantitative estimate of drug-likeness (QED) is 0.0321. The fourth-order valence-electron chi connectivity index (χ4n) is 2.83. The number of esters is 2. The van der Waals surface area contributed by atoms with Gasteiger partial charge in [0.05, 0.1) is 37.6 Å². The van der Waals surface area contributed by atoms with Gasteiger partial charge in [-0.25, -0.2) is 0 Å². The molecule has 0 spiro atoms. The molecule has 0 saturated carbocycles. The number of hydrogen-bond donors (Lipinski definition) is 6. The van der Waals surface area contributed by atoms with Gasteiger partial charge in [0, 0.05) is 24.7 Å². The number of hydrogen-bond acceptors (Lipinski definition) is 15. The van der Waals surface area contributed by atoms with Crippen LogP contribution >= 0.6 is 11.6 Å². The number of carbonyl (C=O) groups excluding carboxylic acids is 4. The van der Waals surface area contributed by atoms with Gasteiger partial charge in [-0.3, -0.25) is 37.6 Å². The summed E-state index contributed by atoms with van der Waals surface area (Å²) in [5.41, 5.74) is 0. The number of aliphatic carboxylic acids is 1. The van der Waals surface area contributed by atoms with E-state index in [1.54, 1.807) is 20.8 Å². The third kappa shape index (κ3) is 34.5. The molecule has 0 aliphatic rings. The topological polar surface area (TPSA) is 366 Å². The Morgan fingerprint density at radius 2 is 0.958 bits per heavy atom. The van der Waals surface area contributed by atoms with Crippen LogP contribution in [0.4, 0.5) is 0 Å². The Balaban J connectivity index is -0.000000134. The fraction of sp³-hybridized carbons (Fsp3) is 0.783. The Kier molecular flexibility index (Phi) is 36.0. The number of nitrogens with one attached hydrogen (secondary N) is 1. The Morgan fingerprint density at radius 3 is 1.21 bits per heavy atom. The summed E-state index contributed by atoms with van der Waals surface area (Å²) in [5, 5.41) is 13.6. The Morgan fingerprint density at radius 1 is 0.667 bits per heavy atom. The molecule has 0 radical (unpaired) electrons. The molecule has 0 fully saturated rings. The minimum atomic E-state index is -4.38. The molecule has 25 heteroatoms. The van der Waals surface area contributed by atoms with Crippen molar-refractivity contribution in [2.45, 2.75) is 58.8 Å². The molecule has 48 heavy (non-hydrogen) atoms. The molecule has 0 aliphatic carbocycles. The number of halogens is 1. The average molecular weight is 793 g/mol. The van der Waals surface area contributed by atoms with Gasteiger partial charge in [0.25, 0.3) is 30.4 Å². The third-order valence-corrected chi connectivity index (χ3v) is 8.66. The summed E-state index contributed by atoms with van der Waals surface area (Å²) >= 11 is 5.20. The van der Waals surface area contributed by atoms with Gasteiger partial charge in [0.15, 0.2) is 0 Å². The minimum Gasteiger partial charge on any atom is -0.553 e. The molecule has 5 atom stereocenters. The monoisotopic (exact) mass is 792 g/mol. The number of rotatable bonds is 17. The van der Waals surface area contributed by atoms with Gasteiger partial charge in [-0.15, -0.1) is 11.6 Å². The smallest absolute Gasteiger partial charge is 0.553 e. The maximum absolute atomic E-state index is 11.6. The summed E-state index contributed by atoms with van der Waals surface area (Å²) in [6.45, 7) is 6.94. The first kappa shape index (κ1) is 58.8. The summed E-state index contributed by atoms with van der Waals surface area (Å²) in [4.78, 5) is 55.5. The van der Waals surface area contributed by atoms with E-state index < -0.39 is 82.7 Å². The standard InChI is InChI=1S/C10H18O6S.C9H16O6S.C4H7ClO5S.H2NO.H3N.Na/c1-4-7(2)9(11)5-8(10(12)16-3)6-17(13,14)15;1-3-6(2)8(10)4-7(9(11)12)5-16(13,14)15;1-10-4(6)3(5)2-11(7,8)9;1-2;;/h7-8H,4-6H2,1-3H3,(H,13,14,15);6-7H,3-5H2,1-2H3,(H,11,12)(H,13,14,15);3H,2H2,1H3,(H,7,8,9);1-2H;1H3;/q;;;-1;;+1/t7-,8-;6-,7-;3-;;;/m111.../s1. The molecule has 0 rings (SSSR count). The number of ether oxygens (including phenoxy) is 2. The van der Waals surface area contributed by atoms with Crippen LogP contribution in [0.2, 0.25) is 0 Å². The molecule has 0 heterocycles. The molecule has 20 nitrogen and oxygen atoms in total. The van der Waals surface area contributed by atoms with Crippen LogP contribution in [-0.2, 0) is 63.8 Å². The molecule has 0 amide bonds. The zero-order chi connectivity index (χ0) is 37.6. The van der Waals surface area contributed by atoms with Crippen molar-refractivity contribution in [3.63, 3.8) is 0 Å². The van der Waals surface area contributed by atoms with Gasteiger partial charge >= 0.3 is 47.5 Å². The second kappa shape index (κ2) is 29.4. The van der Waals surface area contributed by atoms with Crippen molar-refractivity contribution >= 4 is 71.4 Å². The zero-order valence-electron chi connectivity index (χ0n) is 27.7. The van der Waals surface area contributed by atoms with Crippen LogP contribution in [0.15, 0.2) is 0 Å². The summed E-state index contributed by atoms with van der Waals surface area (Å²) in [6, 6.07) is 0. The van der Waals surface area contributed by atoms with Crippen molar-refractivity contribution < 1.29 is 112 Å². The van der Waals surface area contributed by atoms with Crippen LogP contribution in [0.1, 0.15) is 53.4 Å². The Labute approximate surface area is 307 Å². The van der Waals surface area contributed by atoms with E-state index in [-0.39, 0.29) is 72.0 Å². The van der Waals surface area contributed by atoms with Gasteiger partial charge in [0.2, 0.25) is 0 Å². The molecular formula is C23H46ClN2NaO18S3. The van der Waals surface area contributed by atoms with Crippen molar-refractivity contribution in [1.29, 1.82) is 0 Å². The van der Waals surface area contributed by atoms with Gasteiger partial charge in [0.1, 0.15) is 22.7 Å². The summed E-state index contributed by atoms with van der Waals surface area (Å²) in [7, 11) is -10.7. The predicted octanol–water partition coefficient (Wildman–Crippen LogP) is -1.50. The number of carbonyl (C=O) groups is 5. The van der Waals surface area contributed by atoms with E-state index in [2.05, 4.69) is 9.47 Å². The van der Waals surface area contributed by atoms with Gasteiger partial charge < -0.3 is 31.8 Å². The van der Waals surface area contributed by atoms with Gasteiger partial charge in [-0.05, 0) is 12.8 Å².